The molecule has 0 spiro atoms. The maximum absolute atomic E-state index is 8.73. The molecule has 1 fully saturated rings. The molecule has 1 aliphatic heterocycles. The number of rotatable bonds is 3. The minimum atomic E-state index is 0.285. The molecule has 1 heterocycles. The van der Waals surface area contributed by atoms with Crippen LogP contribution in [0.15, 0.2) is 0 Å². The lowest BCUT2D eigenvalue weighted by Crippen LogP contribution is -2.23. The van der Waals surface area contributed by atoms with E-state index in [-0.39, 0.29) is 6.61 Å². The Kier molecular flexibility index (Phi) is 3.34. The molecule has 11 heavy (non-hydrogen) atoms. The third-order valence-electron chi connectivity index (χ3n) is 2.59. The monoisotopic (exact) mass is 158 g/mol. The third-order valence-corrected chi connectivity index (χ3v) is 2.59. The van der Waals surface area contributed by atoms with Crippen LogP contribution in [0.5, 0.6) is 0 Å². The van der Waals surface area contributed by atoms with Crippen molar-refractivity contribution in [2.75, 3.05) is 13.2 Å². The SMILES string of the molecule is CC(CCO)C1OCCC1C. The van der Waals surface area contributed by atoms with Crippen molar-refractivity contribution in [3.8, 4) is 0 Å². The lowest BCUT2D eigenvalue weighted by molar-refractivity contribution is 0.0417. The highest BCUT2D eigenvalue weighted by Gasteiger charge is 2.28. The molecule has 2 heteroatoms. The molecule has 0 bridgehead atoms. The van der Waals surface area contributed by atoms with Crippen LogP contribution < -0.4 is 0 Å². The summed E-state index contributed by atoms with van der Waals surface area (Å²) in [6.07, 6.45) is 2.44. The molecule has 0 aromatic carbocycles. The zero-order valence-electron chi connectivity index (χ0n) is 7.42. The van der Waals surface area contributed by atoms with E-state index in [1.807, 2.05) is 0 Å². The molecule has 0 aliphatic carbocycles. The van der Waals surface area contributed by atoms with Gasteiger partial charge in [-0.05, 0) is 24.7 Å². The Hall–Kier alpha value is -0.0800. The number of aliphatic hydroxyl groups is 1. The summed E-state index contributed by atoms with van der Waals surface area (Å²) < 4.78 is 5.57. The molecule has 2 nitrogen and oxygen atoms in total. The first-order valence-corrected chi connectivity index (χ1v) is 4.48. The molecule has 1 aliphatic rings. The maximum Gasteiger partial charge on any atom is 0.0627 e. The van der Waals surface area contributed by atoms with Crippen LogP contribution in [-0.4, -0.2) is 24.4 Å². The first kappa shape index (κ1) is 9.01. The van der Waals surface area contributed by atoms with Gasteiger partial charge in [-0.2, -0.15) is 0 Å². The average molecular weight is 158 g/mol. The Morgan fingerprint density at radius 2 is 2.36 bits per heavy atom. The number of ether oxygens (including phenoxy) is 1. The number of hydrogen-bond donors (Lipinski definition) is 1. The molecule has 0 aromatic rings. The van der Waals surface area contributed by atoms with Crippen molar-refractivity contribution in [3.63, 3.8) is 0 Å². The maximum atomic E-state index is 8.73. The van der Waals surface area contributed by atoms with Gasteiger partial charge in [-0.25, -0.2) is 0 Å². The lowest BCUT2D eigenvalue weighted by Gasteiger charge is -2.21. The number of hydrogen-bond acceptors (Lipinski definition) is 2. The summed E-state index contributed by atoms with van der Waals surface area (Å²) in [5, 5.41) is 8.73. The number of aliphatic hydroxyl groups excluding tert-OH is 1. The van der Waals surface area contributed by atoms with Crippen molar-refractivity contribution in [2.24, 2.45) is 11.8 Å². The van der Waals surface area contributed by atoms with Gasteiger partial charge >= 0.3 is 0 Å². The molecule has 3 atom stereocenters. The fourth-order valence-electron chi connectivity index (χ4n) is 1.81. The van der Waals surface area contributed by atoms with Crippen molar-refractivity contribution in [1.82, 2.24) is 0 Å². The van der Waals surface area contributed by atoms with Gasteiger partial charge in [0.2, 0.25) is 0 Å². The van der Waals surface area contributed by atoms with Crippen molar-refractivity contribution >= 4 is 0 Å². The molecule has 3 unspecified atom stereocenters. The first-order chi connectivity index (χ1) is 5.25. The summed E-state index contributed by atoms with van der Waals surface area (Å²) in [5.74, 6) is 1.19. The van der Waals surface area contributed by atoms with Gasteiger partial charge < -0.3 is 9.84 Å². The van der Waals surface area contributed by atoms with E-state index in [9.17, 15) is 0 Å². The van der Waals surface area contributed by atoms with E-state index in [0.29, 0.717) is 17.9 Å². The Labute approximate surface area is 68.6 Å². The molecule has 0 amide bonds. The predicted molar refractivity (Wildman–Crippen MR) is 44.4 cm³/mol. The van der Waals surface area contributed by atoms with Gasteiger partial charge in [-0.3, -0.25) is 0 Å². The van der Waals surface area contributed by atoms with E-state index < -0.39 is 0 Å². The topological polar surface area (TPSA) is 29.5 Å². The lowest BCUT2D eigenvalue weighted by atomic mass is 9.91. The summed E-state index contributed by atoms with van der Waals surface area (Å²) >= 11 is 0. The molecule has 1 saturated heterocycles. The van der Waals surface area contributed by atoms with Crippen molar-refractivity contribution < 1.29 is 9.84 Å². The Balaban J connectivity index is 2.33. The summed E-state index contributed by atoms with van der Waals surface area (Å²) in [6.45, 7) is 5.57. The van der Waals surface area contributed by atoms with Crippen molar-refractivity contribution in [3.05, 3.63) is 0 Å². The van der Waals surface area contributed by atoms with Crippen molar-refractivity contribution in [1.29, 1.82) is 0 Å². The van der Waals surface area contributed by atoms with Gasteiger partial charge in [0.25, 0.3) is 0 Å². The Bertz CT molecular complexity index is 114. The normalized spacial score (nSPS) is 34.1. The third kappa shape index (κ3) is 2.17. The van der Waals surface area contributed by atoms with Gasteiger partial charge in [-0.15, -0.1) is 0 Å². The zero-order chi connectivity index (χ0) is 8.27. The van der Waals surface area contributed by atoms with Crippen LogP contribution in [-0.2, 0) is 4.74 Å². The molecular weight excluding hydrogens is 140 g/mol. The van der Waals surface area contributed by atoms with Crippen LogP contribution in [0.25, 0.3) is 0 Å². The van der Waals surface area contributed by atoms with Crippen LogP contribution >= 0.6 is 0 Å². The summed E-state index contributed by atoms with van der Waals surface area (Å²) in [7, 11) is 0. The van der Waals surface area contributed by atoms with E-state index in [2.05, 4.69) is 13.8 Å². The standard InChI is InChI=1S/C9H18O2/c1-7(3-5-10)9-8(2)4-6-11-9/h7-10H,3-6H2,1-2H3. The van der Waals surface area contributed by atoms with Gasteiger partial charge in [0.15, 0.2) is 0 Å². The van der Waals surface area contributed by atoms with Gasteiger partial charge in [0.05, 0.1) is 6.10 Å². The molecule has 0 radical (unpaired) electrons. The molecule has 0 aromatic heterocycles. The molecular formula is C9H18O2. The van der Waals surface area contributed by atoms with Crippen molar-refractivity contribution in [2.45, 2.75) is 32.8 Å². The van der Waals surface area contributed by atoms with E-state index in [4.69, 9.17) is 9.84 Å². The molecule has 66 valence electrons. The fraction of sp³-hybridized carbons (Fsp3) is 1.00. The summed E-state index contributed by atoms with van der Waals surface area (Å²) in [6, 6.07) is 0. The predicted octanol–water partition coefficient (Wildman–Crippen LogP) is 1.43. The molecule has 1 rings (SSSR count). The minimum absolute atomic E-state index is 0.285. The zero-order valence-corrected chi connectivity index (χ0v) is 7.42. The van der Waals surface area contributed by atoms with Gasteiger partial charge in [-0.1, -0.05) is 13.8 Å². The van der Waals surface area contributed by atoms with Crippen LogP contribution in [0, 0.1) is 11.8 Å². The second kappa shape index (κ2) is 4.07. The van der Waals surface area contributed by atoms with Crippen LogP contribution in [0.4, 0.5) is 0 Å². The second-order valence-electron chi connectivity index (χ2n) is 3.59. The Morgan fingerprint density at radius 3 is 2.82 bits per heavy atom. The van der Waals surface area contributed by atoms with Gasteiger partial charge in [0.1, 0.15) is 0 Å². The van der Waals surface area contributed by atoms with E-state index in [0.717, 1.165) is 13.0 Å². The highest BCUT2D eigenvalue weighted by molar-refractivity contribution is 4.77. The highest BCUT2D eigenvalue weighted by atomic mass is 16.5. The smallest absolute Gasteiger partial charge is 0.0627 e. The first-order valence-electron chi connectivity index (χ1n) is 4.48. The van der Waals surface area contributed by atoms with Crippen LogP contribution in [0.1, 0.15) is 26.7 Å². The van der Waals surface area contributed by atoms with E-state index >= 15 is 0 Å². The van der Waals surface area contributed by atoms with E-state index in [1.165, 1.54) is 6.42 Å². The largest absolute Gasteiger partial charge is 0.396 e. The van der Waals surface area contributed by atoms with E-state index in [1.54, 1.807) is 0 Å². The molecule has 0 saturated carbocycles. The second-order valence-corrected chi connectivity index (χ2v) is 3.59. The van der Waals surface area contributed by atoms with Crippen LogP contribution in [0.3, 0.4) is 0 Å². The van der Waals surface area contributed by atoms with Crippen LogP contribution in [0.2, 0.25) is 0 Å². The van der Waals surface area contributed by atoms with Gasteiger partial charge in [0, 0.05) is 13.2 Å². The quantitative estimate of drug-likeness (QED) is 0.673. The minimum Gasteiger partial charge on any atom is -0.396 e. The Morgan fingerprint density at radius 1 is 1.64 bits per heavy atom. The average Bonchev–Trinajstić information content (AvgIpc) is 2.36. The molecule has 1 N–H and O–H groups in total. The fourth-order valence-corrected chi connectivity index (χ4v) is 1.81. The summed E-state index contributed by atoms with van der Waals surface area (Å²) in [5.41, 5.74) is 0. The summed E-state index contributed by atoms with van der Waals surface area (Å²) in [4.78, 5) is 0. The highest BCUT2D eigenvalue weighted by Crippen LogP contribution is 2.27.